The fourth-order valence-electron chi connectivity index (χ4n) is 2.45. The third-order valence-corrected chi connectivity index (χ3v) is 4.08. The average molecular weight is 265 g/mol. The van der Waals surface area contributed by atoms with Gasteiger partial charge in [0.1, 0.15) is 0 Å². The maximum Gasteiger partial charge on any atom is 0.254 e. The van der Waals surface area contributed by atoms with Crippen LogP contribution in [0.4, 0.5) is 0 Å². The van der Waals surface area contributed by atoms with Gasteiger partial charge in [-0.15, -0.1) is 0 Å². The Kier molecular flexibility index (Phi) is 3.67. The molecule has 1 aromatic rings. The summed E-state index contributed by atoms with van der Waals surface area (Å²) in [5, 5.41) is 17.2. The Balaban J connectivity index is 1.87. The molecular weight excluding hydrogens is 242 g/mol. The van der Waals surface area contributed by atoms with Crippen LogP contribution in [0.2, 0.25) is 0 Å². The van der Waals surface area contributed by atoms with Gasteiger partial charge >= 0.3 is 0 Å². The van der Waals surface area contributed by atoms with E-state index in [-0.39, 0.29) is 5.91 Å². The van der Waals surface area contributed by atoms with Crippen LogP contribution in [0.25, 0.3) is 0 Å². The Hall–Kier alpha value is -1.36. The van der Waals surface area contributed by atoms with Gasteiger partial charge in [0.2, 0.25) is 0 Å². The van der Waals surface area contributed by atoms with Crippen molar-refractivity contribution in [2.45, 2.75) is 45.1 Å². The largest absolute Gasteiger partial charge is 0.388 e. The maximum absolute atomic E-state index is 11.9. The van der Waals surface area contributed by atoms with Crippen LogP contribution in [0, 0.1) is 5.41 Å². The van der Waals surface area contributed by atoms with E-state index in [1.54, 1.807) is 17.9 Å². The molecule has 0 unspecified atom stereocenters. The monoisotopic (exact) mass is 265 g/mol. The first-order valence-electron chi connectivity index (χ1n) is 6.79. The number of hydrogen-bond acceptors (Lipinski definition) is 3. The van der Waals surface area contributed by atoms with Crippen LogP contribution in [0.5, 0.6) is 0 Å². The molecule has 0 radical (unpaired) electrons. The molecule has 1 aromatic heterocycles. The van der Waals surface area contributed by atoms with E-state index in [9.17, 15) is 9.90 Å². The summed E-state index contributed by atoms with van der Waals surface area (Å²) in [6.07, 6.45) is 6.67. The van der Waals surface area contributed by atoms with Gasteiger partial charge < -0.3 is 10.4 Å². The average Bonchev–Trinajstić information content (AvgIpc) is 2.78. The van der Waals surface area contributed by atoms with Crippen LogP contribution in [0.15, 0.2) is 12.4 Å². The second-order valence-electron chi connectivity index (χ2n) is 6.47. The molecule has 1 aliphatic rings. The van der Waals surface area contributed by atoms with E-state index >= 15 is 0 Å². The number of aliphatic hydroxyl groups is 1. The molecular formula is C14H23N3O2. The molecule has 5 heteroatoms. The lowest BCUT2D eigenvalue weighted by Crippen LogP contribution is -2.46. The fourth-order valence-corrected chi connectivity index (χ4v) is 2.45. The summed E-state index contributed by atoms with van der Waals surface area (Å²) >= 11 is 0. The molecule has 0 aliphatic heterocycles. The van der Waals surface area contributed by atoms with E-state index in [1.165, 1.54) is 6.20 Å². The summed E-state index contributed by atoms with van der Waals surface area (Å²) in [6, 6.07) is 0. The number of aromatic nitrogens is 2. The van der Waals surface area contributed by atoms with Gasteiger partial charge in [-0.25, -0.2) is 0 Å². The lowest BCUT2D eigenvalue weighted by atomic mass is 9.71. The Morgan fingerprint density at radius 2 is 2.05 bits per heavy atom. The van der Waals surface area contributed by atoms with Crippen molar-refractivity contribution < 1.29 is 9.90 Å². The third-order valence-electron chi connectivity index (χ3n) is 4.08. The molecule has 1 heterocycles. The van der Waals surface area contributed by atoms with E-state index in [2.05, 4.69) is 24.3 Å². The van der Waals surface area contributed by atoms with Crippen LogP contribution in [0.1, 0.15) is 49.9 Å². The molecule has 0 bridgehead atoms. The molecule has 2 N–H and O–H groups in total. The second kappa shape index (κ2) is 4.96. The van der Waals surface area contributed by atoms with Crippen molar-refractivity contribution >= 4 is 5.91 Å². The molecule has 19 heavy (non-hydrogen) atoms. The van der Waals surface area contributed by atoms with E-state index in [1.807, 2.05) is 0 Å². The van der Waals surface area contributed by atoms with Gasteiger partial charge in [0, 0.05) is 19.8 Å². The standard InChI is InChI=1S/C14H23N3O2/c1-13(2)4-6-14(19,7-5-13)10-15-12(18)11-8-16-17(3)9-11/h8-9,19H,4-7,10H2,1-3H3,(H,15,18). The Morgan fingerprint density at radius 1 is 1.42 bits per heavy atom. The van der Waals surface area contributed by atoms with Crippen LogP contribution in [-0.4, -0.2) is 32.9 Å². The van der Waals surface area contributed by atoms with Crippen molar-refractivity contribution in [2.24, 2.45) is 12.5 Å². The highest BCUT2D eigenvalue weighted by Gasteiger charge is 2.36. The van der Waals surface area contributed by atoms with Crippen molar-refractivity contribution in [3.05, 3.63) is 18.0 Å². The lowest BCUT2D eigenvalue weighted by Gasteiger charge is -2.40. The number of nitrogens with zero attached hydrogens (tertiary/aromatic N) is 2. The number of rotatable bonds is 3. The fraction of sp³-hybridized carbons (Fsp3) is 0.714. The number of nitrogens with one attached hydrogen (secondary N) is 1. The summed E-state index contributed by atoms with van der Waals surface area (Å²) in [5.41, 5.74) is 0.0784. The van der Waals surface area contributed by atoms with Crippen LogP contribution in [0.3, 0.4) is 0 Å². The van der Waals surface area contributed by atoms with E-state index in [0.29, 0.717) is 17.5 Å². The summed E-state index contributed by atoms with van der Waals surface area (Å²) in [5.74, 6) is -0.175. The van der Waals surface area contributed by atoms with Gasteiger partial charge in [0.25, 0.3) is 5.91 Å². The van der Waals surface area contributed by atoms with Crippen molar-refractivity contribution in [1.82, 2.24) is 15.1 Å². The van der Waals surface area contributed by atoms with Crippen LogP contribution < -0.4 is 5.32 Å². The minimum absolute atomic E-state index is 0.175. The van der Waals surface area contributed by atoms with Crippen molar-refractivity contribution in [2.75, 3.05) is 6.54 Å². The summed E-state index contributed by atoms with van der Waals surface area (Å²) in [6.45, 7) is 4.76. The van der Waals surface area contributed by atoms with Crippen molar-refractivity contribution in [1.29, 1.82) is 0 Å². The van der Waals surface area contributed by atoms with E-state index in [4.69, 9.17) is 0 Å². The van der Waals surface area contributed by atoms with E-state index in [0.717, 1.165) is 25.7 Å². The molecule has 0 atom stereocenters. The summed E-state index contributed by atoms with van der Waals surface area (Å²) in [4.78, 5) is 11.9. The van der Waals surface area contributed by atoms with Crippen LogP contribution in [-0.2, 0) is 7.05 Å². The number of carbonyl (C=O) groups is 1. The van der Waals surface area contributed by atoms with Crippen molar-refractivity contribution in [3.8, 4) is 0 Å². The first-order chi connectivity index (χ1) is 8.80. The number of amides is 1. The first-order valence-corrected chi connectivity index (χ1v) is 6.79. The zero-order valence-electron chi connectivity index (χ0n) is 11.9. The Bertz CT molecular complexity index is 455. The second-order valence-corrected chi connectivity index (χ2v) is 6.47. The zero-order chi connectivity index (χ0) is 14.1. The molecule has 1 aliphatic carbocycles. The predicted octanol–water partition coefficient (Wildman–Crippen LogP) is 1.48. The quantitative estimate of drug-likeness (QED) is 0.870. The van der Waals surface area contributed by atoms with Gasteiger partial charge in [-0.3, -0.25) is 9.48 Å². The predicted molar refractivity (Wildman–Crippen MR) is 72.7 cm³/mol. The minimum atomic E-state index is -0.757. The molecule has 0 spiro atoms. The van der Waals surface area contributed by atoms with Gasteiger partial charge in [0.15, 0.2) is 0 Å². The molecule has 1 fully saturated rings. The molecule has 0 aromatic carbocycles. The third kappa shape index (κ3) is 3.56. The van der Waals surface area contributed by atoms with Crippen LogP contribution >= 0.6 is 0 Å². The molecule has 1 amide bonds. The van der Waals surface area contributed by atoms with Gasteiger partial charge in [-0.05, 0) is 31.1 Å². The maximum atomic E-state index is 11.9. The van der Waals surface area contributed by atoms with E-state index < -0.39 is 5.60 Å². The van der Waals surface area contributed by atoms with Gasteiger partial charge in [-0.2, -0.15) is 5.10 Å². The van der Waals surface area contributed by atoms with Crippen molar-refractivity contribution in [3.63, 3.8) is 0 Å². The molecule has 2 rings (SSSR count). The first kappa shape index (κ1) is 14.1. The number of aryl methyl sites for hydroxylation is 1. The normalized spacial score (nSPS) is 21.1. The SMILES string of the molecule is Cn1cc(C(=O)NCC2(O)CCC(C)(C)CC2)cn1. The van der Waals surface area contributed by atoms with Gasteiger partial charge in [0.05, 0.1) is 17.4 Å². The molecule has 106 valence electrons. The lowest BCUT2D eigenvalue weighted by molar-refractivity contribution is -0.0233. The molecule has 5 nitrogen and oxygen atoms in total. The number of carbonyl (C=O) groups excluding carboxylic acids is 1. The Labute approximate surface area is 114 Å². The Morgan fingerprint density at radius 3 is 2.58 bits per heavy atom. The smallest absolute Gasteiger partial charge is 0.254 e. The highest BCUT2D eigenvalue weighted by atomic mass is 16.3. The molecule has 0 saturated heterocycles. The topological polar surface area (TPSA) is 67.2 Å². The highest BCUT2D eigenvalue weighted by Crippen LogP contribution is 2.39. The summed E-state index contributed by atoms with van der Waals surface area (Å²) in [7, 11) is 1.77. The highest BCUT2D eigenvalue weighted by molar-refractivity contribution is 5.93. The zero-order valence-corrected chi connectivity index (χ0v) is 11.9. The van der Waals surface area contributed by atoms with Gasteiger partial charge in [-0.1, -0.05) is 13.8 Å². The number of hydrogen-bond donors (Lipinski definition) is 2. The molecule has 1 saturated carbocycles. The minimum Gasteiger partial charge on any atom is -0.388 e. The summed E-state index contributed by atoms with van der Waals surface area (Å²) < 4.78 is 1.59.